The lowest BCUT2D eigenvalue weighted by Crippen LogP contribution is -2.39. The summed E-state index contributed by atoms with van der Waals surface area (Å²) >= 11 is 0. The molecule has 4 nitrogen and oxygen atoms in total. The van der Waals surface area contributed by atoms with Crippen molar-refractivity contribution < 1.29 is 18.0 Å². The molecule has 0 unspecified atom stereocenters. The van der Waals surface area contributed by atoms with Crippen LogP contribution in [0.5, 0.6) is 0 Å². The molecule has 0 spiro atoms. The Labute approximate surface area is 155 Å². The van der Waals surface area contributed by atoms with Crippen LogP contribution in [-0.2, 0) is 24.1 Å². The van der Waals surface area contributed by atoms with E-state index in [1.54, 1.807) is 23.1 Å². The number of alkyl halides is 3. The zero-order chi connectivity index (χ0) is 19.6. The SMILES string of the molecule is CC(C)N(Cc1ccccc1)C(=O)Cn1c(C(F)(F)F)nc2ccccc21. The predicted octanol–water partition coefficient (Wildman–Crippen LogP) is 4.49. The highest BCUT2D eigenvalue weighted by Crippen LogP contribution is 2.31. The number of para-hydroxylation sites is 2. The number of aromatic nitrogens is 2. The van der Waals surface area contributed by atoms with Crippen LogP contribution in [0.3, 0.4) is 0 Å². The number of amides is 1. The Hall–Kier alpha value is -2.83. The van der Waals surface area contributed by atoms with Gasteiger partial charge in [0.25, 0.3) is 0 Å². The van der Waals surface area contributed by atoms with Gasteiger partial charge in [0.05, 0.1) is 11.0 Å². The molecule has 0 saturated carbocycles. The summed E-state index contributed by atoms with van der Waals surface area (Å²) < 4.78 is 41.3. The fourth-order valence-electron chi connectivity index (χ4n) is 3.02. The second kappa shape index (κ2) is 7.42. The van der Waals surface area contributed by atoms with Crippen LogP contribution in [0.4, 0.5) is 13.2 Å². The summed E-state index contributed by atoms with van der Waals surface area (Å²) in [7, 11) is 0. The predicted molar refractivity (Wildman–Crippen MR) is 96.9 cm³/mol. The number of hydrogen-bond acceptors (Lipinski definition) is 2. The molecule has 27 heavy (non-hydrogen) atoms. The van der Waals surface area contributed by atoms with Gasteiger partial charge in [0.2, 0.25) is 11.7 Å². The summed E-state index contributed by atoms with van der Waals surface area (Å²) in [5.41, 5.74) is 1.43. The van der Waals surface area contributed by atoms with Gasteiger partial charge >= 0.3 is 6.18 Å². The Morgan fingerprint density at radius 1 is 1.07 bits per heavy atom. The monoisotopic (exact) mass is 375 g/mol. The highest BCUT2D eigenvalue weighted by atomic mass is 19.4. The molecule has 0 radical (unpaired) electrons. The number of carbonyl (C=O) groups excluding carboxylic acids is 1. The van der Waals surface area contributed by atoms with Gasteiger partial charge in [-0.25, -0.2) is 4.98 Å². The molecule has 3 aromatic rings. The zero-order valence-electron chi connectivity index (χ0n) is 15.1. The minimum absolute atomic E-state index is 0.151. The van der Waals surface area contributed by atoms with Crippen LogP contribution in [0.15, 0.2) is 54.6 Å². The lowest BCUT2D eigenvalue weighted by molar-refractivity contribution is -0.148. The van der Waals surface area contributed by atoms with E-state index in [1.807, 2.05) is 44.2 Å². The average Bonchev–Trinajstić information content (AvgIpc) is 2.99. The second-order valence-electron chi connectivity index (χ2n) is 6.61. The van der Waals surface area contributed by atoms with Crippen LogP contribution in [-0.4, -0.2) is 26.4 Å². The molecule has 0 N–H and O–H groups in total. The van der Waals surface area contributed by atoms with E-state index in [-0.39, 0.29) is 17.5 Å². The maximum absolute atomic E-state index is 13.4. The molecule has 1 heterocycles. The summed E-state index contributed by atoms with van der Waals surface area (Å²) in [5.74, 6) is -1.44. The molecule has 1 amide bonds. The van der Waals surface area contributed by atoms with E-state index in [4.69, 9.17) is 0 Å². The molecule has 7 heteroatoms. The van der Waals surface area contributed by atoms with Gasteiger partial charge in [0.1, 0.15) is 6.54 Å². The molecule has 0 bridgehead atoms. The van der Waals surface area contributed by atoms with Gasteiger partial charge in [-0.2, -0.15) is 13.2 Å². The number of nitrogens with zero attached hydrogens (tertiary/aromatic N) is 3. The van der Waals surface area contributed by atoms with Crippen molar-refractivity contribution in [2.24, 2.45) is 0 Å². The molecule has 0 aliphatic heterocycles. The number of imidazole rings is 1. The third-order valence-corrected chi connectivity index (χ3v) is 4.34. The van der Waals surface area contributed by atoms with E-state index >= 15 is 0 Å². The van der Waals surface area contributed by atoms with Crippen molar-refractivity contribution in [2.75, 3.05) is 0 Å². The van der Waals surface area contributed by atoms with E-state index in [9.17, 15) is 18.0 Å². The number of halogens is 3. The standard InChI is InChI=1S/C20H20F3N3O/c1-14(2)25(12-15-8-4-3-5-9-15)18(27)13-26-17-11-7-6-10-16(17)24-19(26)20(21,22)23/h3-11,14H,12-13H2,1-2H3. The Bertz CT molecular complexity index is 933. The highest BCUT2D eigenvalue weighted by molar-refractivity contribution is 5.81. The van der Waals surface area contributed by atoms with E-state index in [0.717, 1.165) is 10.1 Å². The topological polar surface area (TPSA) is 38.1 Å². The average molecular weight is 375 g/mol. The van der Waals surface area contributed by atoms with Gasteiger partial charge in [-0.1, -0.05) is 42.5 Å². The Kier molecular flexibility index (Phi) is 5.21. The van der Waals surface area contributed by atoms with Gasteiger partial charge in [-0.3, -0.25) is 4.79 Å². The largest absolute Gasteiger partial charge is 0.449 e. The van der Waals surface area contributed by atoms with Crippen molar-refractivity contribution >= 4 is 16.9 Å². The van der Waals surface area contributed by atoms with Gasteiger partial charge < -0.3 is 9.47 Å². The number of fused-ring (bicyclic) bond motifs is 1. The molecular weight excluding hydrogens is 355 g/mol. The first-order valence-electron chi connectivity index (χ1n) is 8.63. The Morgan fingerprint density at radius 3 is 2.33 bits per heavy atom. The van der Waals surface area contributed by atoms with Crippen LogP contribution in [0.1, 0.15) is 25.2 Å². The number of carbonyl (C=O) groups is 1. The summed E-state index contributed by atoms with van der Waals surface area (Å²) in [6.07, 6.45) is -4.64. The van der Waals surface area contributed by atoms with Crippen LogP contribution >= 0.6 is 0 Å². The van der Waals surface area contributed by atoms with Crippen molar-refractivity contribution in [3.8, 4) is 0 Å². The summed E-state index contributed by atoms with van der Waals surface area (Å²) in [6.45, 7) is 3.61. The van der Waals surface area contributed by atoms with Crippen LogP contribution in [0.2, 0.25) is 0 Å². The lowest BCUT2D eigenvalue weighted by Gasteiger charge is -2.27. The maximum Gasteiger partial charge on any atom is 0.449 e. The molecule has 142 valence electrons. The maximum atomic E-state index is 13.4. The van der Waals surface area contributed by atoms with Crippen LogP contribution < -0.4 is 0 Å². The van der Waals surface area contributed by atoms with E-state index < -0.39 is 18.5 Å². The van der Waals surface area contributed by atoms with Crippen molar-refractivity contribution in [3.05, 3.63) is 66.0 Å². The number of rotatable bonds is 5. The van der Waals surface area contributed by atoms with Crippen molar-refractivity contribution in [1.82, 2.24) is 14.5 Å². The third kappa shape index (κ3) is 4.13. The molecular formula is C20H20F3N3O. The smallest absolute Gasteiger partial charge is 0.334 e. The normalized spacial score (nSPS) is 11.9. The number of benzene rings is 2. The van der Waals surface area contributed by atoms with E-state index in [1.165, 1.54) is 6.07 Å². The first kappa shape index (κ1) is 18.9. The lowest BCUT2D eigenvalue weighted by atomic mass is 10.2. The molecule has 0 aliphatic carbocycles. The molecule has 1 aromatic heterocycles. The quantitative estimate of drug-likeness (QED) is 0.659. The first-order valence-corrected chi connectivity index (χ1v) is 8.63. The van der Waals surface area contributed by atoms with Crippen molar-refractivity contribution in [1.29, 1.82) is 0 Å². The van der Waals surface area contributed by atoms with Gasteiger partial charge in [0, 0.05) is 12.6 Å². The minimum Gasteiger partial charge on any atom is -0.334 e. The number of hydrogen-bond donors (Lipinski definition) is 0. The van der Waals surface area contributed by atoms with E-state index in [2.05, 4.69) is 4.98 Å². The van der Waals surface area contributed by atoms with Gasteiger partial charge in [-0.05, 0) is 31.5 Å². The molecule has 0 fully saturated rings. The summed E-state index contributed by atoms with van der Waals surface area (Å²) in [5, 5.41) is 0. The van der Waals surface area contributed by atoms with E-state index in [0.29, 0.717) is 12.1 Å². The fourth-order valence-corrected chi connectivity index (χ4v) is 3.02. The van der Waals surface area contributed by atoms with Crippen LogP contribution in [0.25, 0.3) is 11.0 Å². The first-order chi connectivity index (χ1) is 12.8. The molecule has 3 rings (SSSR count). The van der Waals surface area contributed by atoms with Gasteiger partial charge in [0.15, 0.2) is 0 Å². The second-order valence-corrected chi connectivity index (χ2v) is 6.61. The van der Waals surface area contributed by atoms with Gasteiger partial charge in [-0.15, -0.1) is 0 Å². The summed E-state index contributed by atoms with van der Waals surface area (Å²) in [4.78, 5) is 18.2. The fraction of sp³-hybridized carbons (Fsp3) is 0.300. The van der Waals surface area contributed by atoms with Crippen molar-refractivity contribution in [2.45, 2.75) is 39.2 Å². The Morgan fingerprint density at radius 2 is 1.70 bits per heavy atom. The molecule has 0 aliphatic rings. The van der Waals surface area contributed by atoms with Crippen LogP contribution in [0, 0.1) is 0 Å². The minimum atomic E-state index is -4.64. The Balaban J connectivity index is 1.94. The van der Waals surface area contributed by atoms with Crippen molar-refractivity contribution in [3.63, 3.8) is 0 Å². The zero-order valence-corrected chi connectivity index (χ0v) is 15.1. The molecule has 2 aromatic carbocycles. The highest BCUT2D eigenvalue weighted by Gasteiger charge is 2.38. The molecule has 0 atom stereocenters. The molecule has 0 saturated heterocycles. The third-order valence-electron chi connectivity index (χ3n) is 4.34. The summed E-state index contributed by atoms with van der Waals surface area (Å²) in [6, 6.07) is 15.5.